The summed E-state index contributed by atoms with van der Waals surface area (Å²) >= 11 is 5.18. The molecular formula is C9H8ClF. The van der Waals surface area contributed by atoms with Crippen molar-refractivity contribution in [2.75, 3.05) is 0 Å². The predicted molar refractivity (Wildman–Crippen MR) is 46.0 cm³/mol. The maximum absolute atomic E-state index is 12.4. The Morgan fingerprint density at radius 1 is 1.27 bits per heavy atom. The van der Waals surface area contributed by atoms with Gasteiger partial charge in [0.2, 0.25) is 0 Å². The topological polar surface area (TPSA) is 0 Å². The normalized spacial score (nSPS) is 12.6. The van der Waals surface area contributed by atoms with Gasteiger partial charge >= 0.3 is 0 Å². The lowest BCUT2D eigenvalue weighted by molar-refractivity contribution is 0.697. The number of rotatable bonds is 1. The lowest BCUT2D eigenvalue weighted by atomic mass is 10.1. The maximum atomic E-state index is 12.4. The fourth-order valence-electron chi connectivity index (χ4n) is 0.797. The summed E-state index contributed by atoms with van der Waals surface area (Å²) in [5.74, 6) is 0. The Bertz CT molecular complexity index is 260. The quantitative estimate of drug-likeness (QED) is 0.604. The molecule has 0 radical (unpaired) electrons. The Kier molecular flexibility index (Phi) is 2.66. The second kappa shape index (κ2) is 3.54. The first kappa shape index (κ1) is 8.28. The van der Waals surface area contributed by atoms with Gasteiger partial charge in [-0.25, -0.2) is 0 Å². The molecule has 0 heterocycles. The standard InChI is InChI=1S/C9H8ClF/c1-7(9(10)11)8-5-3-2-4-6-8/h2-6H,1H3. The molecule has 0 aliphatic carbocycles. The van der Waals surface area contributed by atoms with Gasteiger partial charge in [-0.2, -0.15) is 4.39 Å². The van der Waals surface area contributed by atoms with Crippen LogP contribution in [0.1, 0.15) is 12.5 Å². The van der Waals surface area contributed by atoms with Gasteiger partial charge < -0.3 is 0 Å². The third kappa shape index (κ3) is 2.05. The van der Waals surface area contributed by atoms with E-state index in [9.17, 15) is 4.39 Å². The van der Waals surface area contributed by atoms with Gasteiger partial charge in [0.1, 0.15) is 0 Å². The van der Waals surface area contributed by atoms with Crippen LogP contribution in [0.2, 0.25) is 0 Å². The van der Waals surface area contributed by atoms with Crippen molar-refractivity contribution in [2.45, 2.75) is 6.92 Å². The molecule has 1 aromatic rings. The molecule has 0 bridgehead atoms. The molecular weight excluding hydrogens is 163 g/mol. The van der Waals surface area contributed by atoms with Crippen LogP contribution in [0.15, 0.2) is 35.6 Å². The number of benzene rings is 1. The van der Waals surface area contributed by atoms with E-state index in [-0.39, 0.29) is 0 Å². The largest absolute Gasteiger partial charge is 0.193 e. The summed E-state index contributed by atoms with van der Waals surface area (Å²) < 4.78 is 12.4. The average molecular weight is 171 g/mol. The zero-order chi connectivity index (χ0) is 8.27. The van der Waals surface area contributed by atoms with Crippen molar-refractivity contribution in [2.24, 2.45) is 0 Å². The van der Waals surface area contributed by atoms with E-state index in [4.69, 9.17) is 11.6 Å². The van der Waals surface area contributed by atoms with E-state index in [2.05, 4.69) is 0 Å². The van der Waals surface area contributed by atoms with E-state index in [0.717, 1.165) is 5.56 Å². The van der Waals surface area contributed by atoms with Crippen molar-refractivity contribution < 1.29 is 4.39 Å². The van der Waals surface area contributed by atoms with Crippen LogP contribution in [0.5, 0.6) is 0 Å². The van der Waals surface area contributed by atoms with Crippen molar-refractivity contribution in [1.29, 1.82) is 0 Å². The summed E-state index contributed by atoms with van der Waals surface area (Å²) in [6.45, 7) is 1.65. The van der Waals surface area contributed by atoms with Crippen molar-refractivity contribution in [3.05, 3.63) is 41.2 Å². The Morgan fingerprint density at radius 3 is 2.27 bits per heavy atom. The summed E-state index contributed by atoms with van der Waals surface area (Å²) in [6.07, 6.45) is 0. The van der Waals surface area contributed by atoms with Gasteiger partial charge in [-0.3, -0.25) is 0 Å². The van der Waals surface area contributed by atoms with Crippen LogP contribution in [0.4, 0.5) is 4.39 Å². The molecule has 0 atom stereocenters. The second-order valence-corrected chi connectivity index (χ2v) is 2.58. The van der Waals surface area contributed by atoms with E-state index in [1.54, 1.807) is 6.92 Å². The maximum Gasteiger partial charge on any atom is 0.192 e. The number of hydrogen-bond donors (Lipinski definition) is 0. The van der Waals surface area contributed by atoms with Crippen molar-refractivity contribution >= 4 is 17.2 Å². The molecule has 0 fully saturated rings. The minimum absolute atomic E-state index is 0.479. The molecule has 0 unspecified atom stereocenters. The molecule has 0 saturated carbocycles. The lowest BCUT2D eigenvalue weighted by Gasteiger charge is -1.98. The highest BCUT2D eigenvalue weighted by Gasteiger charge is 1.98. The molecule has 11 heavy (non-hydrogen) atoms. The van der Waals surface area contributed by atoms with Gasteiger partial charge in [0.25, 0.3) is 0 Å². The molecule has 0 nitrogen and oxygen atoms in total. The van der Waals surface area contributed by atoms with Gasteiger partial charge in [0, 0.05) is 5.57 Å². The van der Waals surface area contributed by atoms with Gasteiger partial charge in [0.15, 0.2) is 5.29 Å². The number of allylic oxidation sites excluding steroid dienone is 1. The monoisotopic (exact) mass is 170 g/mol. The van der Waals surface area contributed by atoms with Crippen LogP contribution in [0.3, 0.4) is 0 Å². The molecule has 1 aromatic carbocycles. The third-order valence-electron chi connectivity index (χ3n) is 1.49. The molecule has 0 N–H and O–H groups in total. The lowest BCUT2D eigenvalue weighted by Crippen LogP contribution is -1.77. The van der Waals surface area contributed by atoms with Gasteiger partial charge in [-0.1, -0.05) is 41.9 Å². The zero-order valence-corrected chi connectivity index (χ0v) is 6.90. The Labute approximate surface area is 70.3 Å². The van der Waals surface area contributed by atoms with Crippen LogP contribution in [0.25, 0.3) is 5.57 Å². The number of hydrogen-bond acceptors (Lipinski definition) is 0. The highest BCUT2D eigenvalue weighted by molar-refractivity contribution is 6.31. The summed E-state index contributed by atoms with van der Waals surface area (Å²) in [4.78, 5) is 0. The molecule has 0 spiro atoms. The SMILES string of the molecule is CC(=C(F)Cl)c1ccccc1. The van der Waals surface area contributed by atoms with E-state index >= 15 is 0 Å². The summed E-state index contributed by atoms with van der Waals surface area (Å²) in [5, 5.41) is -0.642. The molecule has 0 aromatic heterocycles. The predicted octanol–water partition coefficient (Wildman–Crippen LogP) is 3.58. The molecule has 0 saturated heterocycles. The zero-order valence-electron chi connectivity index (χ0n) is 6.14. The summed E-state index contributed by atoms with van der Waals surface area (Å²) in [5.41, 5.74) is 1.30. The Hall–Kier alpha value is -0.820. The van der Waals surface area contributed by atoms with Crippen LogP contribution >= 0.6 is 11.6 Å². The third-order valence-corrected chi connectivity index (χ3v) is 1.77. The number of halogens is 2. The van der Waals surface area contributed by atoms with Crippen LogP contribution in [-0.2, 0) is 0 Å². The van der Waals surface area contributed by atoms with Crippen molar-refractivity contribution in [1.82, 2.24) is 0 Å². The van der Waals surface area contributed by atoms with Crippen molar-refractivity contribution in [3.63, 3.8) is 0 Å². The van der Waals surface area contributed by atoms with Gasteiger partial charge in [0.05, 0.1) is 0 Å². The van der Waals surface area contributed by atoms with Gasteiger partial charge in [-0.15, -0.1) is 0 Å². The minimum Gasteiger partial charge on any atom is -0.193 e. The fourth-order valence-corrected chi connectivity index (χ4v) is 0.906. The average Bonchev–Trinajstić information content (AvgIpc) is 2.05. The molecule has 0 amide bonds. The van der Waals surface area contributed by atoms with Crippen LogP contribution in [0, 0.1) is 0 Å². The van der Waals surface area contributed by atoms with E-state index < -0.39 is 5.29 Å². The highest BCUT2D eigenvalue weighted by Crippen LogP contribution is 2.20. The first-order chi connectivity index (χ1) is 5.22. The van der Waals surface area contributed by atoms with Gasteiger partial charge in [-0.05, 0) is 12.5 Å². The molecule has 0 aliphatic rings. The van der Waals surface area contributed by atoms with Crippen molar-refractivity contribution in [3.8, 4) is 0 Å². The molecule has 0 aliphatic heterocycles. The van der Waals surface area contributed by atoms with E-state index in [0.29, 0.717) is 5.57 Å². The minimum atomic E-state index is -0.642. The Morgan fingerprint density at radius 2 is 1.82 bits per heavy atom. The highest BCUT2D eigenvalue weighted by atomic mass is 35.5. The molecule has 1 rings (SSSR count). The van der Waals surface area contributed by atoms with Crippen LogP contribution in [-0.4, -0.2) is 0 Å². The first-order valence-electron chi connectivity index (χ1n) is 3.29. The summed E-state index contributed by atoms with van der Waals surface area (Å²) in [7, 11) is 0. The Balaban J connectivity index is 3.04. The summed E-state index contributed by atoms with van der Waals surface area (Å²) in [6, 6.07) is 9.20. The van der Waals surface area contributed by atoms with Crippen LogP contribution < -0.4 is 0 Å². The molecule has 2 heteroatoms. The van der Waals surface area contributed by atoms with E-state index in [1.165, 1.54) is 0 Å². The smallest absolute Gasteiger partial charge is 0.192 e. The van der Waals surface area contributed by atoms with E-state index in [1.807, 2.05) is 30.3 Å². The molecule has 58 valence electrons. The second-order valence-electron chi connectivity index (χ2n) is 2.25. The first-order valence-corrected chi connectivity index (χ1v) is 3.67. The fraction of sp³-hybridized carbons (Fsp3) is 0.111.